The number of carbonyl (C=O) groups excluding carboxylic acids is 1. The van der Waals surface area contributed by atoms with Gasteiger partial charge in [0.1, 0.15) is 6.61 Å². The van der Waals surface area contributed by atoms with Gasteiger partial charge in [-0.25, -0.2) is 4.79 Å². The van der Waals surface area contributed by atoms with E-state index in [-0.39, 0.29) is 23.0 Å². The number of hydrogen-bond donors (Lipinski definition) is 2. The van der Waals surface area contributed by atoms with Gasteiger partial charge in [0.25, 0.3) is 0 Å². The molecule has 0 aliphatic carbocycles. The van der Waals surface area contributed by atoms with E-state index in [1.165, 1.54) is 36.3 Å². The third-order valence-electron chi connectivity index (χ3n) is 5.26. The first-order valence-corrected chi connectivity index (χ1v) is 10.4. The summed E-state index contributed by atoms with van der Waals surface area (Å²) < 4.78 is 88.7. The summed E-state index contributed by atoms with van der Waals surface area (Å²) in [5.74, 6) is -1.86. The molecular formula is C23H25F6N3O3. The number of allylic oxidation sites excluding steroid dienone is 3. The standard InChI is InChI=1S/C23H25F6N3O3/c1-5-32-20(30)17(31-21(32)33)10-15-7-9-18(19(11-15)34-4)35-12-16(14(3)23(27,28)29)8-6-13(2)22(24,25)26/h6-11,14,30H,5,12H2,1-4H3,(H,31,33)/b13-6+,16-8-,17-10-,30-20?. The van der Waals surface area contributed by atoms with Gasteiger partial charge < -0.3 is 14.8 Å². The molecule has 35 heavy (non-hydrogen) atoms. The van der Waals surface area contributed by atoms with Crippen LogP contribution in [0.15, 0.2) is 47.2 Å². The van der Waals surface area contributed by atoms with Crippen molar-refractivity contribution in [1.29, 1.82) is 5.41 Å². The maximum absolute atomic E-state index is 13.3. The fraction of sp³-hybridized carbons (Fsp3) is 0.391. The van der Waals surface area contributed by atoms with E-state index in [9.17, 15) is 31.1 Å². The number of nitrogens with one attached hydrogen (secondary N) is 2. The van der Waals surface area contributed by atoms with Crippen LogP contribution in [0.3, 0.4) is 0 Å². The van der Waals surface area contributed by atoms with Crippen LogP contribution in [0.1, 0.15) is 26.3 Å². The Balaban J connectivity index is 2.29. The van der Waals surface area contributed by atoms with Crippen LogP contribution in [0, 0.1) is 11.3 Å². The van der Waals surface area contributed by atoms with Gasteiger partial charge >= 0.3 is 18.4 Å². The second-order valence-electron chi connectivity index (χ2n) is 7.63. The Morgan fingerprint density at radius 3 is 2.34 bits per heavy atom. The van der Waals surface area contributed by atoms with Crippen molar-refractivity contribution in [3.63, 3.8) is 0 Å². The van der Waals surface area contributed by atoms with Gasteiger partial charge in [0.15, 0.2) is 17.3 Å². The number of amides is 2. The lowest BCUT2D eigenvalue weighted by Gasteiger charge is -2.20. The van der Waals surface area contributed by atoms with Crippen molar-refractivity contribution in [2.45, 2.75) is 33.1 Å². The molecule has 6 nitrogen and oxygen atoms in total. The fourth-order valence-electron chi connectivity index (χ4n) is 2.97. The van der Waals surface area contributed by atoms with E-state index in [1.807, 2.05) is 0 Å². The first-order valence-electron chi connectivity index (χ1n) is 10.4. The van der Waals surface area contributed by atoms with Crippen LogP contribution in [-0.4, -0.2) is 49.4 Å². The highest BCUT2D eigenvalue weighted by molar-refractivity contribution is 6.15. The third kappa shape index (κ3) is 7.03. The number of rotatable bonds is 8. The molecule has 1 aliphatic rings. The number of likely N-dealkylation sites (N-methyl/N-ethyl adjacent to an activating group) is 1. The lowest BCUT2D eigenvalue weighted by Crippen LogP contribution is -2.29. The number of urea groups is 1. The number of carbonyl (C=O) groups is 1. The predicted octanol–water partition coefficient (Wildman–Crippen LogP) is 6.07. The highest BCUT2D eigenvalue weighted by Crippen LogP contribution is 2.34. The summed E-state index contributed by atoms with van der Waals surface area (Å²) >= 11 is 0. The number of amidine groups is 1. The van der Waals surface area contributed by atoms with Crippen molar-refractivity contribution in [3.8, 4) is 11.5 Å². The molecule has 0 radical (unpaired) electrons. The number of alkyl halides is 6. The van der Waals surface area contributed by atoms with Crippen LogP contribution in [-0.2, 0) is 0 Å². The topological polar surface area (TPSA) is 74.7 Å². The Hall–Kier alpha value is -3.44. The van der Waals surface area contributed by atoms with Gasteiger partial charge in [-0.2, -0.15) is 26.3 Å². The summed E-state index contributed by atoms with van der Waals surface area (Å²) in [4.78, 5) is 13.1. The lowest BCUT2D eigenvalue weighted by atomic mass is 10.00. The van der Waals surface area contributed by atoms with Crippen LogP contribution in [0.2, 0.25) is 0 Å². The van der Waals surface area contributed by atoms with Gasteiger partial charge in [0.05, 0.1) is 18.7 Å². The first-order chi connectivity index (χ1) is 16.2. The largest absolute Gasteiger partial charge is 0.493 e. The van der Waals surface area contributed by atoms with Gasteiger partial charge in [-0.1, -0.05) is 18.2 Å². The Morgan fingerprint density at radius 2 is 1.83 bits per heavy atom. The van der Waals surface area contributed by atoms with E-state index < -0.39 is 42.1 Å². The molecule has 1 saturated heterocycles. The summed E-state index contributed by atoms with van der Waals surface area (Å²) in [6.45, 7) is 2.99. The summed E-state index contributed by atoms with van der Waals surface area (Å²) in [5.41, 5.74) is -0.694. The molecule has 192 valence electrons. The summed E-state index contributed by atoms with van der Waals surface area (Å²) in [5, 5.41) is 10.6. The SMILES string of the molecule is CCN1C(=N)/C(=C/c2ccc(OC/C(=C/C=C(\C)C(F)(F)F)C(C)C(F)(F)F)c(OC)c2)NC1=O. The van der Waals surface area contributed by atoms with E-state index in [4.69, 9.17) is 14.9 Å². The van der Waals surface area contributed by atoms with Crippen molar-refractivity contribution in [1.82, 2.24) is 10.2 Å². The Morgan fingerprint density at radius 1 is 1.17 bits per heavy atom. The van der Waals surface area contributed by atoms with Crippen LogP contribution in [0.25, 0.3) is 6.08 Å². The van der Waals surface area contributed by atoms with Crippen molar-refractivity contribution in [2.75, 3.05) is 20.3 Å². The summed E-state index contributed by atoms with van der Waals surface area (Å²) in [6.07, 6.45) is -6.49. The van der Waals surface area contributed by atoms with Gasteiger partial charge in [0, 0.05) is 12.1 Å². The molecule has 1 atom stereocenters. The summed E-state index contributed by atoms with van der Waals surface area (Å²) in [6, 6.07) is 3.99. The molecule has 2 amide bonds. The minimum absolute atomic E-state index is 0.0186. The highest BCUT2D eigenvalue weighted by atomic mass is 19.4. The maximum atomic E-state index is 13.3. The van der Waals surface area contributed by atoms with Crippen LogP contribution >= 0.6 is 0 Å². The number of ether oxygens (including phenoxy) is 2. The molecule has 1 aromatic rings. The number of halogens is 6. The smallest absolute Gasteiger partial charge is 0.412 e. The quantitative estimate of drug-likeness (QED) is 0.333. The Bertz CT molecular complexity index is 1060. The third-order valence-corrected chi connectivity index (χ3v) is 5.26. The summed E-state index contributed by atoms with van der Waals surface area (Å²) in [7, 11) is 1.31. The molecule has 0 spiro atoms. The molecule has 1 aliphatic heterocycles. The van der Waals surface area contributed by atoms with Gasteiger partial charge in [-0.05, 0) is 50.1 Å². The van der Waals surface area contributed by atoms with E-state index in [0.717, 1.165) is 19.9 Å². The molecule has 12 heteroatoms. The van der Waals surface area contributed by atoms with Crippen LogP contribution in [0.5, 0.6) is 11.5 Å². The number of benzene rings is 1. The average molecular weight is 505 g/mol. The van der Waals surface area contributed by atoms with Gasteiger partial charge in [-0.3, -0.25) is 10.3 Å². The maximum Gasteiger partial charge on any atom is 0.412 e. The van der Waals surface area contributed by atoms with E-state index in [0.29, 0.717) is 18.2 Å². The molecule has 2 N–H and O–H groups in total. The fourth-order valence-corrected chi connectivity index (χ4v) is 2.97. The molecular weight excluding hydrogens is 480 g/mol. The molecule has 1 fully saturated rings. The first kappa shape index (κ1) is 27.8. The Kier molecular flexibility index (Phi) is 8.64. The van der Waals surface area contributed by atoms with E-state index in [2.05, 4.69) is 5.32 Å². The van der Waals surface area contributed by atoms with Gasteiger partial charge in [-0.15, -0.1) is 0 Å². The average Bonchev–Trinajstić information content (AvgIpc) is 3.04. The second kappa shape index (κ2) is 10.9. The van der Waals surface area contributed by atoms with E-state index >= 15 is 0 Å². The highest BCUT2D eigenvalue weighted by Gasteiger charge is 2.38. The monoisotopic (exact) mass is 505 g/mol. The normalized spacial score (nSPS) is 17.7. The predicted molar refractivity (Wildman–Crippen MR) is 118 cm³/mol. The zero-order valence-corrected chi connectivity index (χ0v) is 19.4. The van der Waals surface area contributed by atoms with Crippen LogP contribution < -0.4 is 14.8 Å². The molecule has 0 saturated carbocycles. The van der Waals surface area contributed by atoms with Crippen molar-refractivity contribution < 1.29 is 40.6 Å². The second-order valence-corrected chi connectivity index (χ2v) is 7.63. The minimum atomic E-state index is -4.68. The molecule has 0 aromatic heterocycles. The molecule has 1 heterocycles. The van der Waals surface area contributed by atoms with Crippen LogP contribution in [0.4, 0.5) is 31.1 Å². The van der Waals surface area contributed by atoms with Crippen molar-refractivity contribution >= 4 is 17.9 Å². The van der Waals surface area contributed by atoms with E-state index in [1.54, 1.807) is 6.92 Å². The number of nitrogens with zero attached hydrogens (tertiary/aromatic N) is 1. The molecule has 1 aromatic carbocycles. The zero-order chi connectivity index (χ0) is 26.6. The lowest BCUT2D eigenvalue weighted by molar-refractivity contribution is -0.160. The minimum Gasteiger partial charge on any atom is -0.493 e. The Labute approximate surface area is 198 Å². The number of methoxy groups -OCH3 is 1. The van der Waals surface area contributed by atoms with Gasteiger partial charge in [0.2, 0.25) is 0 Å². The zero-order valence-electron chi connectivity index (χ0n) is 19.4. The number of hydrogen-bond acceptors (Lipinski definition) is 4. The van der Waals surface area contributed by atoms with Crippen molar-refractivity contribution in [2.24, 2.45) is 5.92 Å². The molecule has 1 unspecified atom stereocenters. The molecule has 0 bridgehead atoms. The van der Waals surface area contributed by atoms with Crippen molar-refractivity contribution in [3.05, 3.63) is 52.8 Å². The molecule has 2 rings (SSSR count).